The first-order chi connectivity index (χ1) is 8.90. The predicted molar refractivity (Wildman–Crippen MR) is 77.5 cm³/mol. The summed E-state index contributed by atoms with van der Waals surface area (Å²) in [4.78, 5) is 30.0. The second-order valence-corrected chi connectivity index (χ2v) is 5.87. The van der Waals surface area contributed by atoms with E-state index in [0.717, 1.165) is 6.42 Å². The minimum atomic E-state index is -0.143. The van der Waals surface area contributed by atoms with Gasteiger partial charge in [0, 0.05) is 17.8 Å². The summed E-state index contributed by atoms with van der Waals surface area (Å²) in [6.07, 6.45) is 0.967. The van der Waals surface area contributed by atoms with Gasteiger partial charge in [0.15, 0.2) is 5.16 Å². The molecular formula is C13H21N3O2S. The van der Waals surface area contributed by atoms with E-state index in [4.69, 9.17) is 0 Å². The van der Waals surface area contributed by atoms with Gasteiger partial charge in [-0.3, -0.25) is 9.59 Å². The Hall–Kier alpha value is -1.30. The van der Waals surface area contributed by atoms with Crippen molar-refractivity contribution in [3.05, 3.63) is 21.6 Å². The number of rotatable bonds is 6. The van der Waals surface area contributed by atoms with E-state index in [2.05, 4.69) is 29.1 Å². The van der Waals surface area contributed by atoms with Crippen LogP contribution in [0.15, 0.2) is 9.95 Å². The molecule has 19 heavy (non-hydrogen) atoms. The van der Waals surface area contributed by atoms with E-state index in [9.17, 15) is 9.59 Å². The number of aromatic amines is 1. The summed E-state index contributed by atoms with van der Waals surface area (Å²) >= 11 is 1.25. The number of aryl methyl sites for hydroxylation is 1. The van der Waals surface area contributed by atoms with Gasteiger partial charge in [-0.05, 0) is 26.2 Å². The zero-order valence-corrected chi connectivity index (χ0v) is 12.7. The molecule has 0 spiro atoms. The third kappa shape index (κ3) is 5.46. The summed E-state index contributed by atoms with van der Waals surface area (Å²) in [5.74, 6) is 0.807. The summed E-state index contributed by atoms with van der Waals surface area (Å²) in [5, 5.41) is 3.34. The standard InChI is InChI=1S/C13H21N3O2S/c1-8(2)5-6-14-11(17)7-19-13-15-10(4)9(3)12(18)16-13/h8H,5-7H2,1-4H3,(H,14,17)(H,15,16,18). The second kappa shape index (κ2) is 7.33. The maximum Gasteiger partial charge on any atom is 0.254 e. The highest BCUT2D eigenvalue weighted by Gasteiger charge is 2.07. The molecule has 5 nitrogen and oxygen atoms in total. The Morgan fingerprint density at radius 1 is 1.42 bits per heavy atom. The number of aromatic nitrogens is 2. The molecule has 0 aliphatic carbocycles. The molecule has 0 radical (unpaired) electrons. The van der Waals surface area contributed by atoms with Crippen molar-refractivity contribution < 1.29 is 4.79 Å². The van der Waals surface area contributed by atoms with Gasteiger partial charge >= 0.3 is 0 Å². The lowest BCUT2D eigenvalue weighted by Crippen LogP contribution is -2.27. The fourth-order valence-corrected chi connectivity index (χ4v) is 2.11. The smallest absolute Gasteiger partial charge is 0.254 e. The van der Waals surface area contributed by atoms with Crippen LogP contribution in [0.25, 0.3) is 0 Å². The number of hydrogen-bond donors (Lipinski definition) is 2. The Bertz CT molecular complexity index is 497. The van der Waals surface area contributed by atoms with E-state index < -0.39 is 0 Å². The fraction of sp³-hybridized carbons (Fsp3) is 0.615. The third-order valence-corrected chi connectivity index (χ3v) is 3.63. The van der Waals surface area contributed by atoms with Gasteiger partial charge in [-0.2, -0.15) is 0 Å². The van der Waals surface area contributed by atoms with Crippen LogP contribution in [-0.4, -0.2) is 28.2 Å². The van der Waals surface area contributed by atoms with Gasteiger partial charge < -0.3 is 10.3 Å². The van der Waals surface area contributed by atoms with Crippen molar-refractivity contribution in [2.45, 2.75) is 39.3 Å². The quantitative estimate of drug-likeness (QED) is 0.615. The van der Waals surface area contributed by atoms with E-state index in [0.29, 0.717) is 28.9 Å². The highest BCUT2D eigenvalue weighted by Crippen LogP contribution is 2.11. The van der Waals surface area contributed by atoms with Gasteiger partial charge in [0.25, 0.3) is 5.56 Å². The zero-order chi connectivity index (χ0) is 14.4. The maximum atomic E-state index is 11.6. The predicted octanol–water partition coefficient (Wildman–Crippen LogP) is 1.64. The molecule has 0 bridgehead atoms. The first-order valence-electron chi connectivity index (χ1n) is 6.37. The molecule has 0 unspecified atom stereocenters. The number of carbonyl (C=O) groups is 1. The normalized spacial score (nSPS) is 10.8. The second-order valence-electron chi connectivity index (χ2n) is 4.90. The van der Waals surface area contributed by atoms with Crippen molar-refractivity contribution in [1.29, 1.82) is 0 Å². The van der Waals surface area contributed by atoms with Crippen molar-refractivity contribution in [1.82, 2.24) is 15.3 Å². The molecule has 106 valence electrons. The summed E-state index contributed by atoms with van der Waals surface area (Å²) in [6, 6.07) is 0. The molecule has 0 aliphatic rings. The monoisotopic (exact) mass is 283 g/mol. The van der Waals surface area contributed by atoms with Crippen molar-refractivity contribution in [2.75, 3.05) is 12.3 Å². The van der Waals surface area contributed by atoms with Gasteiger partial charge in [-0.25, -0.2) is 4.98 Å². The van der Waals surface area contributed by atoms with Crippen LogP contribution < -0.4 is 10.9 Å². The fourth-order valence-electron chi connectivity index (χ4n) is 1.37. The summed E-state index contributed by atoms with van der Waals surface area (Å²) in [7, 11) is 0. The first kappa shape index (κ1) is 15.8. The number of hydrogen-bond acceptors (Lipinski definition) is 4. The van der Waals surface area contributed by atoms with Crippen LogP contribution in [0, 0.1) is 19.8 Å². The maximum absolute atomic E-state index is 11.6. The number of amides is 1. The minimum Gasteiger partial charge on any atom is -0.355 e. The van der Waals surface area contributed by atoms with Gasteiger partial charge in [0.2, 0.25) is 5.91 Å². The molecule has 1 aromatic heterocycles. The molecule has 1 aromatic rings. The minimum absolute atomic E-state index is 0.0356. The Balaban J connectivity index is 2.44. The molecule has 0 aliphatic heterocycles. The van der Waals surface area contributed by atoms with E-state index >= 15 is 0 Å². The topological polar surface area (TPSA) is 74.8 Å². The highest BCUT2D eigenvalue weighted by molar-refractivity contribution is 7.99. The molecule has 0 fully saturated rings. The lowest BCUT2D eigenvalue weighted by atomic mass is 10.1. The van der Waals surface area contributed by atoms with E-state index in [1.807, 2.05) is 0 Å². The Kier molecular flexibility index (Phi) is 6.08. The number of carbonyl (C=O) groups excluding carboxylic acids is 1. The van der Waals surface area contributed by atoms with Gasteiger partial charge in [-0.15, -0.1) is 0 Å². The van der Waals surface area contributed by atoms with Crippen molar-refractivity contribution in [3.63, 3.8) is 0 Å². The number of H-pyrrole nitrogens is 1. The molecule has 1 heterocycles. The number of nitrogens with one attached hydrogen (secondary N) is 2. The largest absolute Gasteiger partial charge is 0.355 e. The van der Waals surface area contributed by atoms with E-state index in [1.165, 1.54) is 11.8 Å². The summed E-state index contributed by atoms with van der Waals surface area (Å²) < 4.78 is 0. The lowest BCUT2D eigenvalue weighted by molar-refractivity contribution is -0.118. The van der Waals surface area contributed by atoms with Crippen LogP contribution in [0.4, 0.5) is 0 Å². The van der Waals surface area contributed by atoms with Crippen LogP contribution in [-0.2, 0) is 4.79 Å². The average molecular weight is 283 g/mol. The van der Waals surface area contributed by atoms with Crippen LogP contribution in [0.5, 0.6) is 0 Å². The number of nitrogens with zero attached hydrogens (tertiary/aromatic N) is 1. The molecule has 6 heteroatoms. The Morgan fingerprint density at radius 3 is 2.68 bits per heavy atom. The third-order valence-electron chi connectivity index (χ3n) is 2.76. The van der Waals surface area contributed by atoms with Crippen molar-refractivity contribution >= 4 is 17.7 Å². The van der Waals surface area contributed by atoms with Crippen molar-refractivity contribution in [3.8, 4) is 0 Å². The van der Waals surface area contributed by atoms with Crippen LogP contribution in [0.3, 0.4) is 0 Å². The van der Waals surface area contributed by atoms with Gasteiger partial charge in [0.05, 0.1) is 5.75 Å². The Labute approximate surface area is 117 Å². The van der Waals surface area contributed by atoms with Gasteiger partial charge in [0.1, 0.15) is 0 Å². The summed E-state index contributed by atoms with van der Waals surface area (Å²) in [6.45, 7) is 8.44. The molecule has 0 atom stereocenters. The highest BCUT2D eigenvalue weighted by atomic mass is 32.2. The first-order valence-corrected chi connectivity index (χ1v) is 7.35. The zero-order valence-electron chi connectivity index (χ0n) is 11.9. The SMILES string of the molecule is Cc1nc(SCC(=O)NCCC(C)C)[nH]c(=O)c1C. The molecule has 0 saturated carbocycles. The molecule has 1 amide bonds. The van der Waals surface area contributed by atoms with Crippen LogP contribution in [0.2, 0.25) is 0 Å². The van der Waals surface area contributed by atoms with Crippen LogP contribution >= 0.6 is 11.8 Å². The average Bonchev–Trinajstić information content (AvgIpc) is 2.32. The van der Waals surface area contributed by atoms with E-state index in [-0.39, 0.29) is 17.2 Å². The molecular weight excluding hydrogens is 262 g/mol. The molecule has 0 aromatic carbocycles. The summed E-state index contributed by atoms with van der Waals surface area (Å²) in [5.41, 5.74) is 1.17. The Morgan fingerprint density at radius 2 is 2.11 bits per heavy atom. The lowest BCUT2D eigenvalue weighted by Gasteiger charge is -2.07. The van der Waals surface area contributed by atoms with Gasteiger partial charge in [-0.1, -0.05) is 25.6 Å². The molecule has 2 N–H and O–H groups in total. The molecule has 1 rings (SSSR count). The van der Waals surface area contributed by atoms with Crippen molar-refractivity contribution in [2.24, 2.45) is 5.92 Å². The van der Waals surface area contributed by atoms with E-state index in [1.54, 1.807) is 13.8 Å². The molecule has 0 saturated heterocycles. The number of thioether (sulfide) groups is 1. The van der Waals surface area contributed by atoms with Crippen LogP contribution in [0.1, 0.15) is 31.5 Å².